The predicted molar refractivity (Wildman–Crippen MR) is 96.0 cm³/mol. The molecule has 0 bridgehead atoms. The molecule has 0 aliphatic carbocycles. The second kappa shape index (κ2) is 6.35. The van der Waals surface area contributed by atoms with Crippen LogP contribution < -0.4 is 5.32 Å². The van der Waals surface area contributed by atoms with Crippen molar-refractivity contribution in [3.63, 3.8) is 0 Å². The number of aryl methyl sites for hydroxylation is 1. The number of rotatable bonds is 5. The molecule has 1 aliphatic heterocycles. The summed E-state index contributed by atoms with van der Waals surface area (Å²) in [6.07, 6.45) is 4.04. The van der Waals surface area contributed by atoms with Crippen LogP contribution in [0.2, 0.25) is 0 Å². The molecule has 3 heterocycles. The predicted octanol–water partition coefficient (Wildman–Crippen LogP) is 2.69. The number of carbonyl (C=O) groups excluding carboxylic acids is 1. The monoisotopic (exact) mass is 337 g/mol. The molecule has 25 heavy (non-hydrogen) atoms. The van der Waals surface area contributed by atoms with Gasteiger partial charge in [-0.2, -0.15) is 0 Å². The number of nitrogens with zero attached hydrogens (tertiary/aromatic N) is 4. The number of hydrogen-bond acceptors (Lipinski definition) is 3. The summed E-state index contributed by atoms with van der Waals surface area (Å²) >= 11 is 0. The molecule has 1 aliphatic rings. The van der Waals surface area contributed by atoms with Crippen molar-refractivity contribution in [1.82, 2.24) is 24.6 Å². The first kappa shape index (κ1) is 15.9. The molecule has 0 saturated carbocycles. The molecule has 0 saturated heterocycles. The van der Waals surface area contributed by atoms with Gasteiger partial charge in [0, 0.05) is 24.7 Å². The standard InChI is InChI=1S/C19H23N5O/c1-13(2)18(19-22-21-16-8-5-10-24(16)19)20-17(25)12-23-11-9-14-6-3-4-7-15(14)23/h3-4,6-7,9,11,13,18H,5,8,10,12H2,1-2H3,(H,20,25). The molecular weight excluding hydrogens is 314 g/mol. The van der Waals surface area contributed by atoms with E-state index in [1.165, 1.54) is 0 Å². The van der Waals surface area contributed by atoms with Gasteiger partial charge in [0.05, 0.1) is 6.04 Å². The zero-order valence-corrected chi connectivity index (χ0v) is 14.6. The minimum Gasteiger partial charge on any atom is -0.344 e. The Bertz CT molecular complexity index is 908. The van der Waals surface area contributed by atoms with Crippen molar-refractivity contribution in [2.75, 3.05) is 0 Å². The molecule has 1 aromatic carbocycles. The van der Waals surface area contributed by atoms with Crippen LogP contribution in [0, 0.1) is 5.92 Å². The summed E-state index contributed by atoms with van der Waals surface area (Å²) in [7, 11) is 0. The summed E-state index contributed by atoms with van der Waals surface area (Å²) in [6, 6.07) is 10.0. The van der Waals surface area contributed by atoms with Crippen LogP contribution in [0.15, 0.2) is 36.5 Å². The molecule has 130 valence electrons. The van der Waals surface area contributed by atoms with Gasteiger partial charge < -0.3 is 14.5 Å². The molecule has 6 nitrogen and oxygen atoms in total. The summed E-state index contributed by atoms with van der Waals surface area (Å²) in [4.78, 5) is 12.7. The van der Waals surface area contributed by atoms with Gasteiger partial charge in [-0.15, -0.1) is 10.2 Å². The number of fused-ring (bicyclic) bond motifs is 2. The first-order valence-corrected chi connectivity index (χ1v) is 8.88. The van der Waals surface area contributed by atoms with Crippen LogP contribution in [-0.4, -0.2) is 25.2 Å². The van der Waals surface area contributed by atoms with Crippen LogP contribution in [0.5, 0.6) is 0 Å². The Labute approximate surface area is 146 Å². The van der Waals surface area contributed by atoms with E-state index >= 15 is 0 Å². The summed E-state index contributed by atoms with van der Waals surface area (Å²) in [5, 5.41) is 12.9. The highest BCUT2D eigenvalue weighted by Crippen LogP contribution is 2.24. The van der Waals surface area contributed by atoms with Crippen molar-refractivity contribution >= 4 is 16.8 Å². The van der Waals surface area contributed by atoms with Crippen LogP contribution in [0.4, 0.5) is 0 Å². The maximum absolute atomic E-state index is 12.7. The van der Waals surface area contributed by atoms with Crippen molar-refractivity contribution < 1.29 is 4.79 Å². The van der Waals surface area contributed by atoms with Crippen LogP contribution in [0.1, 0.15) is 38.0 Å². The van der Waals surface area contributed by atoms with Crippen molar-refractivity contribution in [3.05, 3.63) is 48.2 Å². The smallest absolute Gasteiger partial charge is 0.240 e. The lowest BCUT2D eigenvalue weighted by Gasteiger charge is -2.22. The highest BCUT2D eigenvalue weighted by atomic mass is 16.2. The highest BCUT2D eigenvalue weighted by molar-refractivity contribution is 5.83. The average Bonchev–Trinajstić information content (AvgIpc) is 3.29. The van der Waals surface area contributed by atoms with Crippen molar-refractivity contribution in [3.8, 4) is 0 Å². The third-order valence-electron chi connectivity index (χ3n) is 4.89. The van der Waals surface area contributed by atoms with Crippen molar-refractivity contribution in [2.45, 2.75) is 45.8 Å². The Balaban J connectivity index is 1.53. The fourth-order valence-corrected chi connectivity index (χ4v) is 3.58. The largest absolute Gasteiger partial charge is 0.344 e. The molecule has 1 unspecified atom stereocenters. The summed E-state index contributed by atoms with van der Waals surface area (Å²) in [5.74, 6) is 2.16. The molecule has 3 aromatic rings. The zero-order chi connectivity index (χ0) is 17.4. The second-order valence-corrected chi connectivity index (χ2v) is 7.02. The lowest BCUT2D eigenvalue weighted by atomic mass is 10.0. The lowest BCUT2D eigenvalue weighted by Crippen LogP contribution is -2.35. The Morgan fingerprint density at radius 2 is 2.08 bits per heavy atom. The minimum atomic E-state index is -0.117. The molecule has 4 rings (SSSR count). The van der Waals surface area contributed by atoms with Gasteiger partial charge in [0.1, 0.15) is 12.4 Å². The molecule has 0 radical (unpaired) electrons. The number of para-hydroxylation sites is 1. The lowest BCUT2D eigenvalue weighted by molar-refractivity contribution is -0.122. The Morgan fingerprint density at radius 1 is 1.24 bits per heavy atom. The molecule has 6 heteroatoms. The van der Waals surface area contributed by atoms with E-state index in [0.717, 1.165) is 41.9 Å². The highest BCUT2D eigenvalue weighted by Gasteiger charge is 2.27. The van der Waals surface area contributed by atoms with Gasteiger partial charge in [-0.1, -0.05) is 32.0 Å². The summed E-state index contributed by atoms with van der Waals surface area (Å²) < 4.78 is 4.15. The molecule has 1 N–H and O–H groups in total. The number of aromatic nitrogens is 4. The first-order valence-electron chi connectivity index (χ1n) is 8.88. The third kappa shape index (κ3) is 2.92. The molecule has 1 amide bonds. The number of amides is 1. The molecular formula is C19H23N5O. The minimum absolute atomic E-state index is 0.00426. The number of nitrogens with one attached hydrogen (secondary N) is 1. The van der Waals surface area contributed by atoms with Crippen LogP contribution in [0.3, 0.4) is 0 Å². The van der Waals surface area contributed by atoms with Gasteiger partial charge in [0.25, 0.3) is 0 Å². The molecule has 0 fully saturated rings. The topological polar surface area (TPSA) is 64.7 Å². The zero-order valence-electron chi connectivity index (χ0n) is 14.6. The molecule has 0 spiro atoms. The Kier molecular flexibility index (Phi) is 4.03. The van der Waals surface area contributed by atoms with E-state index < -0.39 is 0 Å². The van der Waals surface area contributed by atoms with E-state index in [9.17, 15) is 4.79 Å². The van der Waals surface area contributed by atoms with Crippen LogP contribution in [0.25, 0.3) is 10.9 Å². The van der Waals surface area contributed by atoms with E-state index in [4.69, 9.17) is 0 Å². The molecule has 1 atom stereocenters. The summed E-state index contributed by atoms with van der Waals surface area (Å²) in [5.41, 5.74) is 1.07. The number of carbonyl (C=O) groups is 1. The van der Waals surface area contributed by atoms with E-state index in [-0.39, 0.29) is 17.9 Å². The normalized spacial score (nSPS) is 14.8. The third-order valence-corrected chi connectivity index (χ3v) is 4.89. The Hall–Kier alpha value is -2.63. The maximum Gasteiger partial charge on any atom is 0.240 e. The number of hydrogen-bond donors (Lipinski definition) is 1. The van der Waals surface area contributed by atoms with E-state index in [0.29, 0.717) is 6.54 Å². The maximum atomic E-state index is 12.7. The van der Waals surface area contributed by atoms with E-state index in [1.807, 2.05) is 35.0 Å². The van der Waals surface area contributed by atoms with Gasteiger partial charge >= 0.3 is 0 Å². The Morgan fingerprint density at radius 3 is 2.92 bits per heavy atom. The second-order valence-electron chi connectivity index (χ2n) is 7.02. The van der Waals surface area contributed by atoms with Crippen LogP contribution in [-0.2, 0) is 24.3 Å². The van der Waals surface area contributed by atoms with Gasteiger partial charge in [0.2, 0.25) is 5.91 Å². The fraction of sp³-hybridized carbons (Fsp3) is 0.421. The number of benzene rings is 1. The average molecular weight is 337 g/mol. The van der Waals surface area contributed by atoms with Crippen molar-refractivity contribution in [1.29, 1.82) is 0 Å². The van der Waals surface area contributed by atoms with Gasteiger partial charge in [-0.05, 0) is 29.9 Å². The summed E-state index contributed by atoms with van der Waals surface area (Å²) in [6.45, 7) is 5.45. The van der Waals surface area contributed by atoms with E-state index in [2.05, 4.69) is 40.0 Å². The fourth-order valence-electron chi connectivity index (χ4n) is 3.58. The van der Waals surface area contributed by atoms with Gasteiger partial charge in [-0.25, -0.2) is 0 Å². The quantitative estimate of drug-likeness (QED) is 0.778. The van der Waals surface area contributed by atoms with Gasteiger partial charge in [0.15, 0.2) is 5.82 Å². The SMILES string of the molecule is CC(C)C(NC(=O)Cn1ccc2ccccc21)c1nnc2n1CCC2. The first-order chi connectivity index (χ1) is 12.1. The van der Waals surface area contributed by atoms with Crippen molar-refractivity contribution in [2.24, 2.45) is 5.92 Å². The van der Waals surface area contributed by atoms with Crippen LogP contribution >= 0.6 is 0 Å². The van der Waals surface area contributed by atoms with Gasteiger partial charge in [-0.3, -0.25) is 4.79 Å². The molecule has 2 aromatic heterocycles. The van der Waals surface area contributed by atoms with E-state index in [1.54, 1.807) is 0 Å².